The van der Waals surface area contributed by atoms with E-state index in [4.69, 9.17) is 23.2 Å². The fourth-order valence-corrected chi connectivity index (χ4v) is 3.84. The van der Waals surface area contributed by atoms with E-state index in [9.17, 15) is 9.59 Å². The lowest BCUT2D eigenvalue weighted by molar-refractivity contribution is -0.140. The largest absolute Gasteiger partial charge is 0.357 e. The minimum atomic E-state index is -0.574. The third-order valence-corrected chi connectivity index (χ3v) is 5.21. The summed E-state index contributed by atoms with van der Waals surface area (Å²) in [6, 6.07) is 10.7. The molecular weight excluding hydrogens is 395 g/mol. The highest BCUT2D eigenvalue weighted by Crippen LogP contribution is 2.24. The number of halogens is 2. The number of hydrogen-bond acceptors (Lipinski definition) is 2. The molecule has 150 valence electrons. The first-order valence-electron chi connectivity index (χ1n) is 9.27. The number of rotatable bonds is 7. The van der Waals surface area contributed by atoms with E-state index in [2.05, 4.69) is 11.4 Å². The molecule has 0 aromatic heterocycles. The number of nitrogens with zero attached hydrogens (tertiary/aromatic N) is 1. The Bertz CT molecular complexity index is 847. The highest BCUT2D eigenvalue weighted by atomic mass is 35.5. The molecule has 0 bridgehead atoms. The fraction of sp³-hybridized carbons (Fsp3) is 0.364. The van der Waals surface area contributed by atoms with Crippen LogP contribution < -0.4 is 5.32 Å². The van der Waals surface area contributed by atoms with Crippen LogP contribution in [0.25, 0.3) is 0 Å². The van der Waals surface area contributed by atoms with Crippen LogP contribution in [0.5, 0.6) is 0 Å². The van der Waals surface area contributed by atoms with Gasteiger partial charge in [0.25, 0.3) is 0 Å². The summed E-state index contributed by atoms with van der Waals surface area (Å²) in [4.78, 5) is 27.2. The van der Waals surface area contributed by atoms with Crippen LogP contribution in [0.2, 0.25) is 10.0 Å². The molecule has 1 atom stereocenters. The number of nitrogens with one attached hydrogen (secondary N) is 1. The first-order valence-corrected chi connectivity index (χ1v) is 10.0. The van der Waals surface area contributed by atoms with E-state index < -0.39 is 6.04 Å². The predicted molar refractivity (Wildman–Crippen MR) is 115 cm³/mol. The Morgan fingerprint density at radius 1 is 1.07 bits per heavy atom. The van der Waals surface area contributed by atoms with Gasteiger partial charge in [0.1, 0.15) is 6.04 Å². The number of likely N-dealkylation sites (N-methyl/N-ethyl adjacent to an activating group) is 1. The summed E-state index contributed by atoms with van der Waals surface area (Å²) in [6.07, 6.45) is 0.727. The summed E-state index contributed by atoms with van der Waals surface area (Å²) in [7, 11) is 1.58. The molecule has 0 aliphatic rings. The average molecular weight is 421 g/mol. The number of amides is 2. The Balaban J connectivity index is 2.35. The van der Waals surface area contributed by atoms with Gasteiger partial charge in [-0.1, -0.05) is 65.5 Å². The molecule has 0 heterocycles. The van der Waals surface area contributed by atoms with E-state index in [0.29, 0.717) is 16.5 Å². The van der Waals surface area contributed by atoms with Crippen molar-refractivity contribution in [3.05, 3.63) is 68.7 Å². The molecule has 0 radical (unpaired) electrons. The van der Waals surface area contributed by atoms with E-state index in [0.717, 1.165) is 22.3 Å². The third-order valence-electron chi connectivity index (χ3n) is 4.62. The normalized spacial score (nSPS) is 11.8. The maximum Gasteiger partial charge on any atom is 0.242 e. The Hall–Kier alpha value is -2.04. The molecule has 0 saturated carbocycles. The Kier molecular flexibility index (Phi) is 7.90. The van der Waals surface area contributed by atoms with Crippen LogP contribution in [0, 0.1) is 13.8 Å². The highest BCUT2D eigenvalue weighted by Gasteiger charge is 2.28. The monoisotopic (exact) mass is 420 g/mol. The molecule has 2 aromatic carbocycles. The average Bonchev–Trinajstić information content (AvgIpc) is 2.62. The molecule has 2 amide bonds. The van der Waals surface area contributed by atoms with E-state index in [1.165, 1.54) is 0 Å². The fourth-order valence-electron chi connectivity index (χ4n) is 3.37. The standard InChI is InChI=1S/C22H26Cl2N2O2/c1-5-20(22(28)25-4)26(13-17-6-7-18(23)12-19(17)24)21(27)11-16-9-14(2)8-15(3)10-16/h6-10,12,20H,5,11,13H2,1-4H3,(H,25,28)/t20-/m1/s1. The lowest BCUT2D eigenvalue weighted by Crippen LogP contribution is -2.48. The maximum absolute atomic E-state index is 13.2. The van der Waals surface area contributed by atoms with Crippen LogP contribution in [-0.2, 0) is 22.6 Å². The second-order valence-electron chi connectivity index (χ2n) is 6.97. The van der Waals surface area contributed by atoms with Gasteiger partial charge < -0.3 is 10.2 Å². The topological polar surface area (TPSA) is 49.4 Å². The second-order valence-corrected chi connectivity index (χ2v) is 7.81. The minimum absolute atomic E-state index is 0.119. The lowest BCUT2D eigenvalue weighted by atomic mass is 10.0. The van der Waals surface area contributed by atoms with Gasteiger partial charge in [0.05, 0.1) is 6.42 Å². The van der Waals surface area contributed by atoms with Crippen LogP contribution >= 0.6 is 23.2 Å². The lowest BCUT2D eigenvalue weighted by Gasteiger charge is -2.30. The summed E-state index contributed by atoms with van der Waals surface area (Å²) in [5, 5.41) is 3.66. The Labute approximate surface area is 176 Å². The molecule has 2 rings (SSSR count). The highest BCUT2D eigenvalue weighted by molar-refractivity contribution is 6.35. The molecule has 0 fully saturated rings. The number of benzene rings is 2. The molecule has 4 nitrogen and oxygen atoms in total. The zero-order chi connectivity index (χ0) is 20.8. The van der Waals surface area contributed by atoms with Crippen LogP contribution in [0.15, 0.2) is 36.4 Å². The third kappa shape index (κ3) is 5.73. The van der Waals surface area contributed by atoms with Gasteiger partial charge in [0, 0.05) is 23.6 Å². The Morgan fingerprint density at radius 3 is 2.25 bits per heavy atom. The van der Waals surface area contributed by atoms with Gasteiger partial charge in [0.2, 0.25) is 11.8 Å². The molecular formula is C22H26Cl2N2O2. The summed E-state index contributed by atoms with van der Waals surface area (Å²) < 4.78 is 0. The van der Waals surface area contributed by atoms with E-state index in [-0.39, 0.29) is 24.8 Å². The van der Waals surface area contributed by atoms with Crippen molar-refractivity contribution in [2.75, 3.05) is 7.05 Å². The minimum Gasteiger partial charge on any atom is -0.357 e. The first kappa shape index (κ1) is 22.3. The molecule has 2 aromatic rings. The first-order chi connectivity index (χ1) is 13.2. The van der Waals surface area contributed by atoms with E-state index >= 15 is 0 Å². The van der Waals surface area contributed by atoms with Crippen LogP contribution in [0.4, 0.5) is 0 Å². The summed E-state index contributed by atoms with van der Waals surface area (Å²) in [5.74, 6) is -0.312. The summed E-state index contributed by atoms with van der Waals surface area (Å²) >= 11 is 12.3. The molecule has 28 heavy (non-hydrogen) atoms. The summed E-state index contributed by atoms with van der Waals surface area (Å²) in [6.45, 7) is 6.14. The van der Waals surface area contributed by atoms with Crippen molar-refractivity contribution in [1.82, 2.24) is 10.2 Å². The van der Waals surface area contributed by atoms with Gasteiger partial charge in [-0.05, 0) is 43.5 Å². The van der Waals surface area contributed by atoms with E-state index in [1.807, 2.05) is 32.9 Å². The van der Waals surface area contributed by atoms with Crippen molar-refractivity contribution >= 4 is 35.0 Å². The number of carbonyl (C=O) groups is 2. The van der Waals surface area contributed by atoms with Gasteiger partial charge in [0.15, 0.2) is 0 Å². The van der Waals surface area contributed by atoms with Crippen molar-refractivity contribution in [1.29, 1.82) is 0 Å². The number of aryl methyl sites for hydroxylation is 2. The Morgan fingerprint density at radius 2 is 1.71 bits per heavy atom. The van der Waals surface area contributed by atoms with Crippen LogP contribution in [-0.4, -0.2) is 29.8 Å². The van der Waals surface area contributed by atoms with Gasteiger partial charge in [-0.2, -0.15) is 0 Å². The quantitative estimate of drug-likeness (QED) is 0.704. The zero-order valence-electron chi connectivity index (χ0n) is 16.7. The molecule has 1 N–H and O–H groups in total. The van der Waals surface area contributed by atoms with Crippen LogP contribution in [0.1, 0.15) is 35.6 Å². The number of hydrogen-bond donors (Lipinski definition) is 1. The second kappa shape index (κ2) is 9.94. The molecule has 0 aliphatic heterocycles. The predicted octanol–water partition coefficient (Wildman–Crippen LogP) is 4.71. The zero-order valence-corrected chi connectivity index (χ0v) is 18.2. The van der Waals surface area contributed by atoms with Gasteiger partial charge >= 0.3 is 0 Å². The van der Waals surface area contributed by atoms with Crippen molar-refractivity contribution < 1.29 is 9.59 Å². The van der Waals surface area contributed by atoms with Gasteiger partial charge in [-0.15, -0.1) is 0 Å². The SMILES string of the molecule is CC[C@H](C(=O)NC)N(Cc1ccc(Cl)cc1Cl)C(=O)Cc1cc(C)cc(C)c1. The van der Waals surface area contributed by atoms with Gasteiger partial charge in [-0.3, -0.25) is 9.59 Å². The van der Waals surface area contributed by atoms with Crippen molar-refractivity contribution in [3.8, 4) is 0 Å². The van der Waals surface area contributed by atoms with Crippen molar-refractivity contribution in [3.63, 3.8) is 0 Å². The van der Waals surface area contributed by atoms with Crippen molar-refractivity contribution in [2.45, 2.75) is 46.2 Å². The van der Waals surface area contributed by atoms with Crippen molar-refractivity contribution in [2.24, 2.45) is 0 Å². The molecule has 0 unspecified atom stereocenters. The van der Waals surface area contributed by atoms with Crippen LogP contribution in [0.3, 0.4) is 0 Å². The van der Waals surface area contributed by atoms with Gasteiger partial charge in [-0.25, -0.2) is 0 Å². The molecule has 0 spiro atoms. The molecule has 0 aliphatic carbocycles. The summed E-state index contributed by atoms with van der Waals surface area (Å²) in [5.41, 5.74) is 3.89. The molecule has 6 heteroatoms. The smallest absolute Gasteiger partial charge is 0.242 e. The number of carbonyl (C=O) groups excluding carboxylic acids is 2. The molecule has 0 saturated heterocycles. The van der Waals surface area contributed by atoms with E-state index in [1.54, 1.807) is 30.1 Å². The maximum atomic E-state index is 13.2.